The fourth-order valence-electron chi connectivity index (χ4n) is 1.84. The third kappa shape index (κ3) is 4.83. The van der Waals surface area contributed by atoms with Gasteiger partial charge in [0.15, 0.2) is 0 Å². The van der Waals surface area contributed by atoms with Crippen molar-refractivity contribution in [3.63, 3.8) is 0 Å². The number of hydrogen-bond acceptors (Lipinski definition) is 3. The summed E-state index contributed by atoms with van der Waals surface area (Å²) in [4.78, 5) is 16.5. The molecule has 5 nitrogen and oxygen atoms in total. The Bertz CT molecular complexity index is 607. The number of halogens is 1. The van der Waals surface area contributed by atoms with Crippen molar-refractivity contribution in [3.8, 4) is 0 Å². The third-order valence-electron chi connectivity index (χ3n) is 2.97. The number of aliphatic hydroxyl groups excluding tert-OH is 1. The van der Waals surface area contributed by atoms with Crippen LogP contribution in [-0.4, -0.2) is 17.7 Å². The lowest BCUT2D eigenvalue weighted by Gasteiger charge is -2.13. The minimum absolute atomic E-state index is 0.124. The lowest BCUT2D eigenvalue weighted by molar-refractivity contribution is 0.0476. The van der Waals surface area contributed by atoms with Gasteiger partial charge >= 0.3 is 6.03 Å². The van der Waals surface area contributed by atoms with Gasteiger partial charge in [-0.25, -0.2) is 14.7 Å². The van der Waals surface area contributed by atoms with Crippen molar-refractivity contribution in [3.05, 3.63) is 71.5 Å². The number of urea groups is 1. The van der Waals surface area contributed by atoms with Crippen molar-refractivity contribution in [2.24, 2.45) is 0 Å². The Morgan fingerprint density at radius 2 is 1.82 bits per heavy atom. The molecule has 0 radical (unpaired) electrons. The van der Waals surface area contributed by atoms with E-state index in [9.17, 15) is 14.3 Å². The second kappa shape index (κ2) is 8.11. The highest BCUT2D eigenvalue weighted by Crippen LogP contribution is 2.15. The van der Waals surface area contributed by atoms with E-state index in [-0.39, 0.29) is 18.7 Å². The first-order valence-electron chi connectivity index (χ1n) is 6.79. The van der Waals surface area contributed by atoms with Gasteiger partial charge < -0.3 is 10.4 Å². The van der Waals surface area contributed by atoms with Gasteiger partial charge in [-0.2, -0.15) is 0 Å². The van der Waals surface area contributed by atoms with Gasteiger partial charge in [-0.3, -0.25) is 4.84 Å². The van der Waals surface area contributed by atoms with Crippen molar-refractivity contribution in [1.82, 2.24) is 10.8 Å². The van der Waals surface area contributed by atoms with Crippen LogP contribution < -0.4 is 10.8 Å². The molecule has 116 valence electrons. The first kappa shape index (κ1) is 15.9. The maximum Gasteiger partial charge on any atom is 0.338 e. The lowest BCUT2D eigenvalue weighted by Crippen LogP contribution is -2.37. The van der Waals surface area contributed by atoms with Crippen molar-refractivity contribution >= 4 is 6.03 Å². The van der Waals surface area contributed by atoms with Gasteiger partial charge in [-0.1, -0.05) is 48.5 Å². The summed E-state index contributed by atoms with van der Waals surface area (Å²) in [6, 6.07) is 14.6. The van der Waals surface area contributed by atoms with Gasteiger partial charge in [0.25, 0.3) is 0 Å². The minimum atomic E-state index is -1.12. The van der Waals surface area contributed by atoms with Gasteiger partial charge in [-0.15, -0.1) is 0 Å². The molecule has 22 heavy (non-hydrogen) atoms. The molecule has 2 aromatic carbocycles. The number of aliphatic hydroxyl groups is 1. The van der Waals surface area contributed by atoms with E-state index in [1.54, 1.807) is 6.07 Å². The summed E-state index contributed by atoms with van der Waals surface area (Å²) in [6.45, 7) is 0.103. The molecule has 2 amide bonds. The van der Waals surface area contributed by atoms with Crippen LogP contribution in [0.4, 0.5) is 9.18 Å². The van der Waals surface area contributed by atoms with Crippen LogP contribution in [0.5, 0.6) is 0 Å². The fourth-order valence-corrected chi connectivity index (χ4v) is 1.84. The molecule has 0 heterocycles. The summed E-state index contributed by atoms with van der Waals surface area (Å²) in [7, 11) is 0. The molecule has 2 aromatic rings. The van der Waals surface area contributed by atoms with E-state index in [2.05, 4.69) is 10.8 Å². The molecule has 0 aliphatic heterocycles. The van der Waals surface area contributed by atoms with Crippen LogP contribution in [0.1, 0.15) is 17.2 Å². The summed E-state index contributed by atoms with van der Waals surface area (Å²) in [5.41, 5.74) is 3.24. The average Bonchev–Trinajstić information content (AvgIpc) is 2.54. The molecular weight excluding hydrogens is 287 g/mol. The van der Waals surface area contributed by atoms with Crippen molar-refractivity contribution < 1.29 is 19.1 Å². The number of benzene rings is 2. The van der Waals surface area contributed by atoms with E-state index in [0.717, 1.165) is 5.56 Å². The molecule has 0 aliphatic carbocycles. The molecule has 0 fully saturated rings. The molecule has 0 bridgehead atoms. The Morgan fingerprint density at radius 3 is 2.55 bits per heavy atom. The van der Waals surface area contributed by atoms with E-state index in [0.29, 0.717) is 0 Å². The third-order valence-corrected chi connectivity index (χ3v) is 2.97. The maximum atomic E-state index is 13.4. The molecule has 3 N–H and O–H groups in total. The fraction of sp³-hybridized carbons (Fsp3) is 0.188. The molecule has 0 spiro atoms. The van der Waals surface area contributed by atoms with Gasteiger partial charge in [0.05, 0.1) is 12.7 Å². The zero-order valence-electron chi connectivity index (χ0n) is 11.8. The van der Waals surface area contributed by atoms with Crippen LogP contribution in [0.25, 0.3) is 0 Å². The van der Waals surface area contributed by atoms with Crippen molar-refractivity contribution in [2.75, 3.05) is 6.54 Å². The monoisotopic (exact) mass is 304 g/mol. The molecule has 0 aromatic heterocycles. The Labute approximate surface area is 127 Å². The highest BCUT2D eigenvalue weighted by Gasteiger charge is 2.13. The molecule has 6 heteroatoms. The quantitative estimate of drug-likeness (QED) is 0.717. The Balaban J connectivity index is 1.70. The molecular formula is C16H17FN2O3. The lowest BCUT2D eigenvalue weighted by atomic mass is 10.1. The highest BCUT2D eigenvalue weighted by atomic mass is 19.1. The number of nitrogens with one attached hydrogen (secondary N) is 2. The molecule has 0 saturated carbocycles. The molecule has 1 unspecified atom stereocenters. The normalized spacial score (nSPS) is 11.7. The van der Waals surface area contributed by atoms with Gasteiger partial charge in [0.2, 0.25) is 0 Å². The topological polar surface area (TPSA) is 70.6 Å². The van der Waals surface area contributed by atoms with E-state index in [4.69, 9.17) is 4.84 Å². The first-order chi connectivity index (χ1) is 10.7. The maximum absolute atomic E-state index is 13.4. The second-order valence-electron chi connectivity index (χ2n) is 4.62. The SMILES string of the molecule is O=C(NCC(O)c1ccccc1F)NOCc1ccccc1. The Hall–Kier alpha value is -2.44. The average molecular weight is 304 g/mol. The number of hydrogen-bond donors (Lipinski definition) is 3. The summed E-state index contributed by atoms with van der Waals surface area (Å²) in [6.07, 6.45) is -1.12. The number of hydroxylamine groups is 1. The summed E-state index contributed by atoms with van der Waals surface area (Å²) in [5.74, 6) is -0.516. The van der Waals surface area contributed by atoms with Crippen LogP contribution in [-0.2, 0) is 11.4 Å². The second-order valence-corrected chi connectivity index (χ2v) is 4.62. The summed E-state index contributed by atoms with van der Waals surface area (Å²) < 4.78 is 13.4. The number of carbonyl (C=O) groups is 1. The van der Waals surface area contributed by atoms with Crippen molar-refractivity contribution in [1.29, 1.82) is 0 Å². The Kier molecular flexibility index (Phi) is 5.88. The summed E-state index contributed by atoms with van der Waals surface area (Å²) in [5, 5.41) is 12.2. The van der Waals surface area contributed by atoms with Gasteiger partial charge in [-0.05, 0) is 11.6 Å². The molecule has 1 atom stereocenters. The number of carbonyl (C=O) groups excluding carboxylic acids is 1. The standard InChI is InChI=1S/C16H17FN2O3/c17-14-9-5-4-8-13(14)15(20)10-18-16(21)19-22-11-12-6-2-1-3-7-12/h1-9,15,20H,10-11H2,(H2,18,19,21). The molecule has 0 aliphatic rings. The molecule has 2 rings (SSSR count). The number of rotatable bonds is 6. The largest absolute Gasteiger partial charge is 0.386 e. The molecule has 0 saturated heterocycles. The predicted octanol–water partition coefficient (Wildman–Crippen LogP) is 2.29. The van der Waals surface area contributed by atoms with Crippen molar-refractivity contribution in [2.45, 2.75) is 12.7 Å². The van der Waals surface area contributed by atoms with E-state index in [1.807, 2.05) is 30.3 Å². The zero-order chi connectivity index (χ0) is 15.8. The van der Waals surface area contributed by atoms with Gasteiger partial charge in [0, 0.05) is 12.1 Å². The number of amides is 2. The van der Waals surface area contributed by atoms with E-state index in [1.165, 1.54) is 18.2 Å². The van der Waals surface area contributed by atoms with Crippen LogP contribution in [0.3, 0.4) is 0 Å². The van der Waals surface area contributed by atoms with E-state index >= 15 is 0 Å². The van der Waals surface area contributed by atoms with Crippen LogP contribution in [0.15, 0.2) is 54.6 Å². The van der Waals surface area contributed by atoms with Crippen LogP contribution >= 0.6 is 0 Å². The minimum Gasteiger partial charge on any atom is -0.386 e. The predicted molar refractivity (Wildman–Crippen MR) is 79.1 cm³/mol. The van der Waals surface area contributed by atoms with Crippen LogP contribution in [0.2, 0.25) is 0 Å². The Morgan fingerprint density at radius 1 is 1.14 bits per heavy atom. The first-order valence-corrected chi connectivity index (χ1v) is 6.79. The van der Waals surface area contributed by atoms with Crippen LogP contribution in [0, 0.1) is 5.82 Å². The van der Waals surface area contributed by atoms with Gasteiger partial charge in [0.1, 0.15) is 5.82 Å². The summed E-state index contributed by atoms with van der Waals surface area (Å²) >= 11 is 0. The highest BCUT2D eigenvalue weighted by molar-refractivity contribution is 5.72. The smallest absolute Gasteiger partial charge is 0.338 e. The van der Waals surface area contributed by atoms with E-state index < -0.39 is 18.0 Å². The zero-order valence-corrected chi connectivity index (χ0v) is 11.8.